The van der Waals surface area contributed by atoms with Gasteiger partial charge in [0, 0.05) is 23.5 Å². The van der Waals surface area contributed by atoms with Crippen LogP contribution in [0, 0.1) is 0 Å². The van der Waals surface area contributed by atoms with Crippen LogP contribution in [0.4, 0.5) is 0 Å². The molecule has 3 rings (SSSR count). The van der Waals surface area contributed by atoms with Crippen LogP contribution in [0.1, 0.15) is 15.9 Å². The predicted molar refractivity (Wildman–Crippen MR) is 97.4 cm³/mol. The molecule has 0 aliphatic rings. The molecule has 5 nitrogen and oxygen atoms in total. The highest BCUT2D eigenvalue weighted by Gasteiger charge is 2.24. The summed E-state index contributed by atoms with van der Waals surface area (Å²) in [7, 11) is 0. The fourth-order valence-corrected chi connectivity index (χ4v) is 3.23. The zero-order valence-electron chi connectivity index (χ0n) is 12.9. The average molecular weight is 377 g/mol. The van der Waals surface area contributed by atoms with Gasteiger partial charge in [-0.3, -0.25) is 4.79 Å². The number of halogens is 2. The van der Waals surface area contributed by atoms with E-state index in [2.05, 4.69) is 10.3 Å². The minimum absolute atomic E-state index is 0.0658. The number of carboxylic acid groups (broad SMARTS) is 1. The van der Waals surface area contributed by atoms with Crippen LogP contribution in [0.3, 0.4) is 0 Å². The van der Waals surface area contributed by atoms with Crippen molar-refractivity contribution in [3.05, 3.63) is 69.8 Å². The molecule has 0 spiro atoms. The number of hydrogen-bond acceptors (Lipinski definition) is 2. The van der Waals surface area contributed by atoms with E-state index in [1.54, 1.807) is 12.3 Å². The Hall–Kier alpha value is -2.50. The average Bonchev–Trinajstić information content (AvgIpc) is 2.97. The minimum atomic E-state index is -1.14. The number of amides is 1. The van der Waals surface area contributed by atoms with E-state index >= 15 is 0 Å². The third-order valence-electron chi connectivity index (χ3n) is 3.89. The molecule has 7 heteroatoms. The van der Waals surface area contributed by atoms with Gasteiger partial charge < -0.3 is 15.4 Å². The van der Waals surface area contributed by atoms with Crippen molar-refractivity contribution >= 4 is 46.0 Å². The summed E-state index contributed by atoms with van der Waals surface area (Å²) in [4.78, 5) is 27.1. The summed E-state index contributed by atoms with van der Waals surface area (Å²) in [5.74, 6) is -1.76. The predicted octanol–water partition coefficient (Wildman–Crippen LogP) is 3.90. The fraction of sp³-hybridized carbons (Fsp3) is 0.111. The molecule has 0 unspecified atom stereocenters. The van der Waals surface area contributed by atoms with E-state index in [0.29, 0.717) is 0 Å². The van der Waals surface area contributed by atoms with Crippen molar-refractivity contribution in [1.29, 1.82) is 0 Å². The van der Waals surface area contributed by atoms with Crippen LogP contribution < -0.4 is 5.32 Å². The zero-order chi connectivity index (χ0) is 18.0. The van der Waals surface area contributed by atoms with Gasteiger partial charge in [0.2, 0.25) is 0 Å². The molecular weight excluding hydrogens is 363 g/mol. The topological polar surface area (TPSA) is 82.2 Å². The summed E-state index contributed by atoms with van der Waals surface area (Å²) in [6.45, 7) is 0. The monoisotopic (exact) mass is 376 g/mol. The second-order valence-corrected chi connectivity index (χ2v) is 6.34. The molecule has 25 heavy (non-hydrogen) atoms. The van der Waals surface area contributed by atoms with Crippen molar-refractivity contribution in [3.63, 3.8) is 0 Å². The Morgan fingerprint density at radius 1 is 1.08 bits per heavy atom. The summed E-state index contributed by atoms with van der Waals surface area (Å²) < 4.78 is 0. The molecule has 1 heterocycles. The maximum Gasteiger partial charge on any atom is 0.326 e. The molecule has 0 saturated heterocycles. The molecule has 1 atom stereocenters. The van der Waals surface area contributed by atoms with Crippen molar-refractivity contribution in [1.82, 2.24) is 10.3 Å². The Labute approximate surface area is 153 Å². The zero-order valence-corrected chi connectivity index (χ0v) is 14.4. The van der Waals surface area contributed by atoms with Crippen LogP contribution in [-0.4, -0.2) is 28.0 Å². The number of aliphatic carboxylic acids is 1. The van der Waals surface area contributed by atoms with E-state index in [1.165, 1.54) is 12.1 Å². The SMILES string of the molecule is O=C(N[C@@H](Cc1c[nH]c2ccccc12)C(=O)O)c1c(Cl)cccc1Cl. The van der Waals surface area contributed by atoms with Crippen LogP contribution in [-0.2, 0) is 11.2 Å². The molecule has 0 bridgehead atoms. The van der Waals surface area contributed by atoms with E-state index in [1.807, 2.05) is 24.3 Å². The summed E-state index contributed by atoms with van der Waals surface area (Å²) in [5.41, 5.74) is 1.77. The van der Waals surface area contributed by atoms with Gasteiger partial charge in [-0.1, -0.05) is 47.5 Å². The highest BCUT2D eigenvalue weighted by atomic mass is 35.5. The van der Waals surface area contributed by atoms with Crippen molar-refractivity contribution in [3.8, 4) is 0 Å². The number of benzene rings is 2. The summed E-state index contributed by atoms with van der Waals surface area (Å²) in [6.07, 6.45) is 1.88. The Morgan fingerprint density at radius 2 is 1.76 bits per heavy atom. The standard InChI is InChI=1S/C18H14Cl2N2O3/c19-12-5-3-6-13(20)16(12)17(23)22-15(18(24)25)8-10-9-21-14-7-2-1-4-11(10)14/h1-7,9,15,21H,8H2,(H,22,23)(H,24,25)/t15-/m0/s1. The number of nitrogens with one attached hydrogen (secondary N) is 2. The Morgan fingerprint density at radius 3 is 2.44 bits per heavy atom. The highest BCUT2D eigenvalue weighted by Crippen LogP contribution is 2.24. The number of rotatable bonds is 5. The molecular formula is C18H14Cl2N2O3. The number of para-hydroxylation sites is 1. The van der Waals surface area contributed by atoms with Crippen LogP contribution in [0.15, 0.2) is 48.7 Å². The first-order chi connectivity index (χ1) is 12.0. The molecule has 0 fully saturated rings. The van der Waals surface area contributed by atoms with E-state index in [4.69, 9.17) is 23.2 Å². The first-order valence-electron chi connectivity index (χ1n) is 7.50. The Bertz CT molecular complexity index is 932. The fourth-order valence-electron chi connectivity index (χ4n) is 2.67. The van der Waals surface area contributed by atoms with Gasteiger partial charge in [0.1, 0.15) is 6.04 Å². The number of hydrogen-bond donors (Lipinski definition) is 3. The molecule has 0 aliphatic heterocycles. The lowest BCUT2D eigenvalue weighted by Gasteiger charge is -2.15. The van der Waals surface area contributed by atoms with Gasteiger partial charge in [-0.15, -0.1) is 0 Å². The second-order valence-electron chi connectivity index (χ2n) is 5.52. The van der Waals surface area contributed by atoms with Gasteiger partial charge in [0.25, 0.3) is 5.91 Å². The van der Waals surface area contributed by atoms with Crippen molar-refractivity contribution in [2.75, 3.05) is 0 Å². The van der Waals surface area contributed by atoms with Gasteiger partial charge in [0.05, 0.1) is 15.6 Å². The van der Waals surface area contributed by atoms with Gasteiger partial charge in [-0.2, -0.15) is 0 Å². The van der Waals surface area contributed by atoms with Gasteiger partial charge in [0.15, 0.2) is 0 Å². The van der Waals surface area contributed by atoms with Gasteiger partial charge in [-0.05, 0) is 23.8 Å². The third-order valence-corrected chi connectivity index (χ3v) is 4.52. The molecule has 0 saturated carbocycles. The number of carbonyl (C=O) groups excluding carboxylic acids is 1. The smallest absolute Gasteiger partial charge is 0.326 e. The van der Waals surface area contributed by atoms with Crippen molar-refractivity contribution in [2.24, 2.45) is 0 Å². The molecule has 0 aliphatic carbocycles. The maximum absolute atomic E-state index is 12.4. The maximum atomic E-state index is 12.4. The van der Waals surface area contributed by atoms with E-state index in [0.717, 1.165) is 16.5 Å². The minimum Gasteiger partial charge on any atom is -0.480 e. The molecule has 3 N–H and O–H groups in total. The van der Waals surface area contributed by atoms with Crippen LogP contribution >= 0.6 is 23.2 Å². The molecule has 2 aromatic carbocycles. The lowest BCUT2D eigenvalue weighted by molar-refractivity contribution is -0.139. The normalized spacial score (nSPS) is 12.1. The quantitative estimate of drug-likeness (QED) is 0.631. The molecule has 0 radical (unpaired) electrons. The second kappa shape index (κ2) is 7.17. The molecule has 128 valence electrons. The summed E-state index contributed by atoms with van der Waals surface area (Å²) in [6, 6.07) is 11.1. The largest absolute Gasteiger partial charge is 0.480 e. The Balaban J connectivity index is 1.85. The number of fused-ring (bicyclic) bond motifs is 1. The highest BCUT2D eigenvalue weighted by molar-refractivity contribution is 6.39. The molecule has 1 aromatic heterocycles. The van der Waals surface area contributed by atoms with Crippen molar-refractivity contribution < 1.29 is 14.7 Å². The summed E-state index contributed by atoms with van der Waals surface area (Å²) >= 11 is 12.0. The van der Waals surface area contributed by atoms with Crippen molar-refractivity contribution in [2.45, 2.75) is 12.5 Å². The van der Waals surface area contributed by atoms with E-state index in [-0.39, 0.29) is 22.0 Å². The number of carbonyl (C=O) groups is 2. The first-order valence-corrected chi connectivity index (χ1v) is 8.25. The number of aromatic amines is 1. The lowest BCUT2D eigenvalue weighted by atomic mass is 10.0. The number of aromatic nitrogens is 1. The lowest BCUT2D eigenvalue weighted by Crippen LogP contribution is -2.42. The molecule has 3 aromatic rings. The number of H-pyrrole nitrogens is 1. The first kappa shape index (κ1) is 17.3. The number of carboxylic acids is 1. The van der Waals surface area contributed by atoms with E-state index < -0.39 is 17.9 Å². The molecule has 1 amide bonds. The Kier molecular flexibility index (Phi) is 4.97. The van der Waals surface area contributed by atoms with Crippen LogP contribution in [0.2, 0.25) is 10.0 Å². The third kappa shape index (κ3) is 3.62. The van der Waals surface area contributed by atoms with Gasteiger partial charge >= 0.3 is 5.97 Å². The van der Waals surface area contributed by atoms with Crippen LogP contribution in [0.5, 0.6) is 0 Å². The van der Waals surface area contributed by atoms with E-state index in [9.17, 15) is 14.7 Å². The van der Waals surface area contributed by atoms with Gasteiger partial charge in [-0.25, -0.2) is 4.79 Å². The van der Waals surface area contributed by atoms with Crippen LogP contribution in [0.25, 0.3) is 10.9 Å². The summed E-state index contributed by atoms with van der Waals surface area (Å²) in [5, 5.41) is 13.2.